The summed E-state index contributed by atoms with van der Waals surface area (Å²) in [5.74, 6) is 0.0640. The molecule has 2 aromatic rings. The van der Waals surface area contributed by atoms with Crippen molar-refractivity contribution >= 4 is 23.6 Å². The van der Waals surface area contributed by atoms with Gasteiger partial charge in [-0.05, 0) is 35.9 Å². The molecule has 1 aliphatic heterocycles. The molecule has 0 spiro atoms. The van der Waals surface area contributed by atoms with E-state index in [1.807, 2.05) is 6.07 Å². The normalized spacial score (nSPS) is 15.6. The minimum atomic E-state index is -0.748. The highest BCUT2D eigenvalue weighted by molar-refractivity contribution is 6.05. The van der Waals surface area contributed by atoms with Crippen molar-refractivity contribution in [2.24, 2.45) is 0 Å². The molecule has 1 unspecified atom stereocenters. The van der Waals surface area contributed by atoms with Crippen molar-refractivity contribution < 1.29 is 14.3 Å². The average molecular weight is 361 g/mol. The van der Waals surface area contributed by atoms with Gasteiger partial charge in [0.15, 0.2) is 6.10 Å². The van der Waals surface area contributed by atoms with Crippen LogP contribution in [-0.2, 0) is 9.59 Å². The standard InChI is InChI=1S/C21H19N3O3/c1-23(2)21(26)19-14-24(17-5-3-4-6-18(17)27-19)20(25)12-11-15-7-9-16(13-22)10-8-15/h3-12,19H,14H2,1-2H3/b12-11+. The van der Waals surface area contributed by atoms with E-state index in [-0.39, 0.29) is 18.4 Å². The number of para-hydroxylation sites is 2. The van der Waals surface area contributed by atoms with Crippen LogP contribution < -0.4 is 9.64 Å². The first-order valence-electron chi connectivity index (χ1n) is 8.46. The number of likely N-dealkylation sites (N-methyl/N-ethyl adjacent to an activating group) is 1. The van der Waals surface area contributed by atoms with Crippen molar-refractivity contribution in [1.29, 1.82) is 5.26 Å². The first kappa shape index (κ1) is 18.2. The predicted octanol–water partition coefficient (Wildman–Crippen LogP) is 2.45. The van der Waals surface area contributed by atoms with E-state index >= 15 is 0 Å². The molecule has 0 N–H and O–H groups in total. The smallest absolute Gasteiger partial charge is 0.265 e. The molecule has 0 bridgehead atoms. The molecular weight excluding hydrogens is 342 g/mol. The second-order valence-corrected chi connectivity index (χ2v) is 6.32. The number of fused-ring (bicyclic) bond motifs is 1. The largest absolute Gasteiger partial charge is 0.476 e. The van der Waals surface area contributed by atoms with E-state index in [1.165, 1.54) is 11.0 Å². The second kappa shape index (κ2) is 7.75. The number of anilines is 1. The maximum absolute atomic E-state index is 12.8. The summed E-state index contributed by atoms with van der Waals surface area (Å²) < 4.78 is 5.78. The highest BCUT2D eigenvalue weighted by Gasteiger charge is 2.33. The lowest BCUT2D eigenvalue weighted by Gasteiger charge is -2.34. The molecule has 0 aliphatic carbocycles. The topological polar surface area (TPSA) is 73.6 Å². The highest BCUT2D eigenvalue weighted by Crippen LogP contribution is 2.33. The third-order valence-electron chi connectivity index (χ3n) is 4.21. The Bertz CT molecular complexity index is 926. The van der Waals surface area contributed by atoms with Crippen LogP contribution in [0, 0.1) is 11.3 Å². The summed E-state index contributed by atoms with van der Waals surface area (Å²) in [6.07, 6.45) is 2.40. The lowest BCUT2D eigenvalue weighted by molar-refractivity contribution is -0.136. The van der Waals surface area contributed by atoms with Gasteiger partial charge in [-0.25, -0.2) is 0 Å². The van der Waals surface area contributed by atoms with Crippen molar-refractivity contribution in [3.05, 3.63) is 65.7 Å². The van der Waals surface area contributed by atoms with E-state index in [9.17, 15) is 9.59 Å². The van der Waals surface area contributed by atoms with E-state index in [4.69, 9.17) is 10.00 Å². The van der Waals surface area contributed by atoms with Crippen LogP contribution >= 0.6 is 0 Å². The molecule has 0 radical (unpaired) electrons. The van der Waals surface area contributed by atoms with Crippen LogP contribution in [0.15, 0.2) is 54.6 Å². The summed E-state index contributed by atoms with van der Waals surface area (Å²) in [6.45, 7) is 0.143. The zero-order valence-corrected chi connectivity index (χ0v) is 15.1. The molecule has 1 aliphatic rings. The SMILES string of the molecule is CN(C)C(=O)C1CN(C(=O)/C=C/c2ccc(C#N)cc2)c2ccccc2O1. The fourth-order valence-corrected chi connectivity index (χ4v) is 2.79. The van der Waals surface area contributed by atoms with Crippen molar-refractivity contribution in [1.82, 2.24) is 4.90 Å². The Labute approximate surface area is 157 Å². The maximum atomic E-state index is 12.8. The lowest BCUT2D eigenvalue weighted by atomic mass is 10.1. The Morgan fingerprint density at radius 3 is 2.56 bits per heavy atom. The fourth-order valence-electron chi connectivity index (χ4n) is 2.79. The molecule has 0 saturated carbocycles. The predicted molar refractivity (Wildman–Crippen MR) is 102 cm³/mol. The number of hydrogen-bond acceptors (Lipinski definition) is 4. The molecule has 6 heteroatoms. The van der Waals surface area contributed by atoms with Gasteiger partial charge in [-0.1, -0.05) is 24.3 Å². The minimum absolute atomic E-state index is 0.143. The summed E-state index contributed by atoms with van der Waals surface area (Å²) in [7, 11) is 3.31. The summed E-state index contributed by atoms with van der Waals surface area (Å²) in [6, 6.07) is 16.1. The van der Waals surface area contributed by atoms with Crippen LogP contribution in [0.25, 0.3) is 6.08 Å². The van der Waals surface area contributed by atoms with E-state index in [0.717, 1.165) is 5.56 Å². The first-order valence-corrected chi connectivity index (χ1v) is 8.46. The van der Waals surface area contributed by atoms with Crippen molar-refractivity contribution in [3.8, 4) is 11.8 Å². The Hall–Kier alpha value is -3.59. The maximum Gasteiger partial charge on any atom is 0.265 e. The van der Waals surface area contributed by atoms with Crippen LogP contribution in [0.2, 0.25) is 0 Å². The number of carbonyl (C=O) groups excluding carboxylic acids is 2. The van der Waals surface area contributed by atoms with Crippen molar-refractivity contribution in [2.45, 2.75) is 6.10 Å². The molecule has 2 amide bonds. The van der Waals surface area contributed by atoms with Gasteiger partial charge in [0.2, 0.25) is 0 Å². The summed E-state index contributed by atoms with van der Waals surface area (Å²) in [5, 5.41) is 8.85. The van der Waals surface area contributed by atoms with E-state index in [0.29, 0.717) is 17.0 Å². The number of amides is 2. The third-order valence-corrected chi connectivity index (χ3v) is 4.21. The van der Waals surface area contributed by atoms with Crippen molar-refractivity contribution in [3.63, 3.8) is 0 Å². The lowest BCUT2D eigenvalue weighted by Crippen LogP contribution is -2.50. The quantitative estimate of drug-likeness (QED) is 0.787. The molecule has 1 atom stereocenters. The minimum Gasteiger partial charge on any atom is -0.476 e. The van der Waals surface area contributed by atoms with Gasteiger partial charge in [0, 0.05) is 20.2 Å². The number of nitrogens with zero attached hydrogens (tertiary/aromatic N) is 3. The molecule has 3 rings (SSSR count). The number of rotatable bonds is 3. The molecule has 136 valence electrons. The monoisotopic (exact) mass is 361 g/mol. The Balaban J connectivity index is 1.84. The van der Waals surface area contributed by atoms with Gasteiger partial charge < -0.3 is 14.5 Å². The summed E-state index contributed by atoms with van der Waals surface area (Å²) >= 11 is 0. The van der Waals surface area contributed by atoms with Gasteiger partial charge in [0.25, 0.3) is 11.8 Å². The van der Waals surface area contributed by atoms with Crippen LogP contribution in [0.5, 0.6) is 5.75 Å². The zero-order valence-electron chi connectivity index (χ0n) is 15.1. The van der Waals surface area contributed by atoms with E-state index in [2.05, 4.69) is 6.07 Å². The van der Waals surface area contributed by atoms with Crippen LogP contribution in [0.4, 0.5) is 5.69 Å². The number of nitriles is 1. The number of hydrogen-bond donors (Lipinski definition) is 0. The molecular formula is C21H19N3O3. The molecule has 0 aromatic heterocycles. The van der Waals surface area contributed by atoms with Gasteiger partial charge in [0.05, 0.1) is 23.9 Å². The van der Waals surface area contributed by atoms with Crippen LogP contribution in [0.1, 0.15) is 11.1 Å². The van der Waals surface area contributed by atoms with Gasteiger partial charge in [-0.2, -0.15) is 5.26 Å². The molecule has 27 heavy (non-hydrogen) atoms. The Morgan fingerprint density at radius 1 is 1.19 bits per heavy atom. The number of benzene rings is 2. The second-order valence-electron chi connectivity index (χ2n) is 6.32. The first-order chi connectivity index (χ1) is 13.0. The van der Waals surface area contributed by atoms with Crippen molar-refractivity contribution in [2.75, 3.05) is 25.5 Å². The molecule has 0 saturated heterocycles. The molecule has 6 nitrogen and oxygen atoms in total. The Morgan fingerprint density at radius 2 is 1.89 bits per heavy atom. The number of carbonyl (C=O) groups is 2. The zero-order chi connectivity index (χ0) is 19.4. The average Bonchev–Trinajstić information content (AvgIpc) is 2.70. The number of ether oxygens (including phenoxy) is 1. The molecule has 1 heterocycles. The molecule has 0 fully saturated rings. The third kappa shape index (κ3) is 3.98. The summed E-state index contributed by atoms with van der Waals surface area (Å²) in [4.78, 5) is 28.1. The Kier molecular flexibility index (Phi) is 5.23. The van der Waals surface area contributed by atoms with Crippen LogP contribution in [-0.4, -0.2) is 43.5 Å². The van der Waals surface area contributed by atoms with Gasteiger partial charge in [-0.15, -0.1) is 0 Å². The van der Waals surface area contributed by atoms with E-state index in [1.54, 1.807) is 67.5 Å². The van der Waals surface area contributed by atoms with Gasteiger partial charge in [0.1, 0.15) is 5.75 Å². The summed E-state index contributed by atoms with van der Waals surface area (Å²) in [5.41, 5.74) is 2.00. The fraction of sp³-hybridized carbons (Fsp3) is 0.190. The molecule has 2 aromatic carbocycles. The van der Waals surface area contributed by atoms with Crippen LogP contribution in [0.3, 0.4) is 0 Å². The van der Waals surface area contributed by atoms with Gasteiger partial charge in [-0.3, -0.25) is 9.59 Å². The highest BCUT2D eigenvalue weighted by atomic mass is 16.5. The van der Waals surface area contributed by atoms with Gasteiger partial charge >= 0.3 is 0 Å². The van der Waals surface area contributed by atoms with E-state index < -0.39 is 6.10 Å².